The van der Waals surface area contributed by atoms with E-state index in [0.29, 0.717) is 41.8 Å². The van der Waals surface area contributed by atoms with Crippen LogP contribution >= 0.6 is 0 Å². The second-order valence-electron chi connectivity index (χ2n) is 10.7. The van der Waals surface area contributed by atoms with Crippen LogP contribution in [0.25, 0.3) is 11.0 Å². The van der Waals surface area contributed by atoms with Crippen LogP contribution in [0.15, 0.2) is 46.2 Å². The third-order valence-electron chi connectivity index (χ3n) is 8.17. The summed E-state index contributed by atoms with van der Waals surface area (Å²) in [6.07, 6.45) is 12.0. The Morgan fingerprint density at radius 1 is 1.09 bits per heavy atom. The normalized spacial score (nSPS) is 19.2. The van der Waals surface area contributed by atoms with Gasteiger partial charge in [-0.15, -0.1) is 12.8 Å². The van der Waals surface area contributed by atoms with Gasteiger partial charge in [0.15, 0.2) is 5.82 Å². The van der Waals surface area contributed by atoms with E-state index in [-0.39, 0.29) is 35.3 Å². The molecule has 1 aromatic carbocycles. The highest BCUT2D eigenvalue weighted by Crippen LogP contribution is 2.35. The van der Waals surface area contributed by atoms with Crippen molar-refractivity contribution in [1.29, 1.82) is 5.26 Å². The number of fused-ring (bicyclic) bond motifs is 1. The van der Waals surface area contributed by atoms with Crippen LogP contribution in [0, 0.1) is 35.9 Å². The number of piperazine rings is 1. The van der Waals surface area contributed by atoms with Crippen LogP contribution in [0.2, 0.25) is 0 Å². The number of hydrogen-bond acceptors (Lipinski definition) is 8. The van der Waals surface area contributed by atoms with Crippen molar-refractivity contribution in [2.75, 3.05) is 31.6 Å². The van der Waals surface area contributed by atoms with Gasteiger partial charge in [-0.05, 0) is 61.4 Å². The third-order valence-corrected chi connectivity index (χ3v) is 8.17. The number of nitrogens with zero attached hydrogens (tertiary/aromatic N) is 7. The quantitative estimate of drug-likeness (QED) is 0.191. The number of anilines is 1. The Kier molecular flexibility index (Phi) is 12.4. The largest absolute Gasteiger partial charge is 0.483 e. The van der Waals surface area contributed by atoms with Crippen LogP contribution < -0.4 is 10.6 Å². The van der Waals surface area contributed by atoms with E-state index < -0.39 is 0 Å². The maximum atomic E-state index is 13.9. The van der Waals surface area contributed by atoms with Crippen molar-refractivity contribution in [1.82, 2.24) is 19.4 Å². The van der Waals surface area contributed by atoms with Gasteiger partial charge < -0.3 is 9.64 Å². The topological polar surface area (TPSA) is 99.6 Å². The number of hydrogen-bond donors (Lipinski definition) is 0. The van der Waals surface area contributed by atoms with Gasteiger partial charge in [-0.1, -0.05) is 39.8 Å². The number of pyridine rings is 1. The van der Waals surface area contributed by atoms with E-state index in [0.717, 1.165) is 24.9 Å². The van der Waals surface area contributed by atoms with E-state index in [4.69, 9.17) is 9.73 Å². The van der Waals surface area contributed by atoms with Gasteiger partial charge in [-0.2, -0.15) is 10.2 Å². The lowest BCUT2D eigenvalue weighted by Gasteiger charge is -2.49. The molecule has 5 rings (SSSR count). The molecule has 3 aromatic rings. The highest BCUT2D eigenvalue weighted by molar-refractivity contribution is 5.87. The number of halogens is 1. The van der Waals surface area contributed by atoms with Gasteiger partial charge in [-0.3, -0.25) is 14.5 Å². The number of aliphatic imine (C=N–C) groups is 1. The second-order valence-corrected chi connectivity index (χ2v) is 10.7. The summed E-state index contributed by atoms with van der Waals surface area (Å²) in [7, 11) is 3.32. The minimum absolute atomic E-state index is 0.00244. The molecule has 2 aliphatic rings. The summed E-state index contributed by atoms with van der Waals surface area (Å²) in [6.45, 7) is 10.2. The molecule has 2 aromatic heterocycles. The van der Waals surface area contributed by atoms with Crippen molar-refractivity contribution < 1.29 is 9.13 Å². The molecule has 1 saturated carbocycles. The van der Waals surface area contributed by atoms with Crippen LogP contribution in [0.4, 0.5) is 10.2 Å². The van der Waals surface area contributed by atoms with Gasteiger partial charge in [-0.25, -0.2) is 14.2 Å². The minimum Gasteiger partial charge on any atom is -0.483 e. The van der Waals surface area contributed by atoms with Gasteiger partial charge in [0, 0.05) is 38.8 Å². The Morgan fingerprint density at radius 3 is 2.32 bits per heavy atom. The minimum atomic E-state index is -0.364. The fourth-order valence-electron chi connectivity index (χ4n) is 5.63. The van der Waals surface area contributed by atoms with Crippen molar-refractivity contribution in [2.24, 2.45) is 18.0 Å². The SMILES string of the molecule is C#C.CC.CCC1CN(C(C(=NCC2CC2)OC)c2ccc(F)cc2)[C@H](CC)CN1c1nc(=O)n(C)c2ccc(C#N)nc12. The maximum Gasteiger partial charge on any atom is 0.349 e. The molecule has 1 aliphatic heterocycles. The van der Waals surface area contributed by atoms with Crippen LogP contribution in [0.5, 0.6) is 0 Å². The van der Waals surface area contributed by atoms with Gasteiger partial charge >= 0.3 is 5.69 Å². The molecule has 3 atom stereocenters. The van der Waals surface area contributed by atoms with Gasteiger partial charge in [0.05, 0.1) is 12.6 Å². The van der Waals surface area contributed by atoms with Crippen molar-refractivity contribution in [3.8, 4) is 18.9 Å². The van der Waals surface area contributed by atoms with Gasteiger partial charge in [0.1, 0.15) is 29.1 Å². The number of terminal acetylenes is 1. The summed E-state index contributed by atoms with van der Waals surface area (Å²) in [5.41, 5.74) is 2.02. The molecule has 9 nitrogen and oxygen atoms in total. The molecule has 0 spiro atoms. The number of methoxy groups -OCH3 is 1. The zero-order valence-electron chi connectivity index (χ0n) is 26.7. The van der Waals surface area contributed by atoms with Crippen molar-refractivity contribution in [3.05, 3.63) is 64.0 Å². The molecular weight excluding hydrogens is 557 g/mol. The first kappa shape index (κ1) is 34.2. The number of rotatable bonds is 8. The number of ether oxygens (including phenoxy) is 1. The van der Waals surface area contributed by atoms with E-state index in [9.17, 15) is 14.4 Å². The summed E-state index contributed by atoms with van der Waals surface area (Å²) in [5.74, 6) is 1.46. The number of aryl methyl sites for hydroxylation is 1. The molecule has 1 aliphatic carbocycles. The zero-order valence-corrected chi connectivity index (χ0v) is 26.7. The van der Waals surface area contributed by atoms with Gasteiger partial charge in [0.2, 0.25) is 5.90 Å². The molecular formula is C34H44FN7O2. The monoisotopic (exact) mass is 601 g/mol. The van der Waals surface area contributed by atoms with Crippen molar-refractivity contribution >= 4 is 22.7 Å². The summed E-state index contributed by atoms with van der Waals surface area (Å²) in [5, 5.41) is 9.51. The molecule has 3 heterocycles. The third kappa shape index (κ3) is 7.43. The number of nitriles is 1. The highest BCUT2D eigenvalue weighted by atomic mass is 19.1. The average molecular weight is 602 g/mol. The maximum absolute atomic E-state index is 13.9. The highest BCUT2D eigenvalue weighted by Gasteiger charge is 2.40. The molecule has 10 heteroatoms. The van der Waals surface area contributed by atoms with Crippen molar-refractivity contribution in [3.63, 3.8) is 0 Å². The van der Waals surface area contributed by atoms with Crippen LogP contribution in [-0.4, -0.2) is 64.2 Å². The lowest BCUT2D eigenvalue weighted by Crippen LogP contribution is -2.60. The Balaban J connectivity index is 0.00000127. The first-order chi connectivity index (χ1) is 21.4. The van der Waals surface area contributed by atoms with E-state index in [2.05, 4.69) is 52.5 Å². The first-order valence-corrected chi connectivity index (χ1v) is 15.4. The number of aromatic nitrogens is 3. The lowest BCUT2D eigenvalue weighted by atomic mass is 9.95. The molecule has 2 unspecified atom stereocenters. The Hall–Kier alpha value is -4.28. The van der Waals surface area contributed by atoms with E-state index in [1.807, 2.05) is 26.0 Å². The zero-order chi connectivity index (χ0) is 32.4. The molecule has 0 N–H and O–H groups in total. The molecule has 0 bridgehead atoms. The standard InChI is InChI=1S/C30H36FN7O2.C2H6.C2H2/c1-5-23-18-38(28-26-25(36(3)30(39)35-28)14-13-22(15-32)34-26)24(6-2)17-37(23)27(20-9-11-21(31)12-10-20)29(40-4)33-16-19-7-8-19;2*1-2/h9-14,19,23-24,27H,5-8,16-18H2,1-4H3;1-2H3;1-2H/t23-,24?,27?;;/m1../s1. The van der Waals surface area contributed by atoms with E-state index >= 15 is 0 Å². The fourth-order valence-corrected chi connectivity index (χ4v) is 5.63. The molecule has 0 amide bonds. The van der Waals surface area contributed by atoms with Crippen LogP contribution in [0.1, 0.15) is 70.7 Å². The summed E-state index contributed by atoms with van der Waals surface area (Å²) >= 11 is 0. The Labute approximate surface area is 260 Å². The fraction of sp³-hybridized carbons (Fsp3) is 0.500. The molecule has 1 saturated heterocycles. The molecule has 234 valence electrons. The smallest absolute Gasteiger partial charge is 0.349 e. The molecule has 2 fully saturated rings. The van der Waals surface area contributed by atoms with Crippen LogP contribution in [-0.2, 0) is 11.8 Å². The Bertz CT molecular complexity index is 1540. The predicted molar refractivity (Wildman–Crippen MR) is 174 cm³/mol. The molecule has 44 heavy (non-hydrogen) atoms. The summed E-state index contributed by atoms with van der Waals surface area (Å²) in [4.78, 5) is 31.4. The Morgan fingerprint density at radius 2 is 1.75 bits per heavy atom. The summed E-state index contributed by atoms with van der Waals surface area (Å²) < 4.78 is 21.3. The summed E-state index contributed by atoms with van der Waals surface area (Å²) in [6, 6.07) is 11.9. The van der Waals surface area contributed by atoms with Gasteiger partial charge in [0.25, 0.3) is 0 Å². The predicted octanol–water partition coefficient (Wildman–Crippen LogP) is 5.49. The lowest BCUT2D eigenvalue weighted by molar-refractivity contribution is 0.110. The van der Waals surface area contributed by atoms with Crippen LogP contribution in [0.3, 0.4) is 0 Å². The first-order valence-electron chi connectivity index (χ1n) is 15.4. The average Bonchev–Trinajstić information content (AvgIpc) is 3.91. The molecule has 0 radical (unpaired) electrons. The van der Waals surface area contributed by atoms with E-state index in [1.54, 1.807) is 26.3 Å². The van der Waals surface area contributed by atoms with E-state index in [1.165, 1.54) is 29.5 Å². The number of benzene rings is 1. The van der Waals surface area contributed by atoms with Crippen molar-refractivity contribution in [2.45, 2.75) is 71.5 Å². The second kappa shape index (κ2) is 16.0.